The summed E-state index contributed by atoms with van der Waals surface area (Å²) in [6.45, 7) is 4.19. The Morgan fingerprint density at radius 1 is 1.05 bits per heavy atom. The van der Waals surface area contributed by atoms with Gasteiger partial charge in [0, 0.05) is 47.9 Å². The first-order valence-electron chi connectivity index (χ1n) is 22.6. The molecule has 18 heteroatoms. The highest BCUT2D eigenvalue weighted by atomic mass is 35.5. The smallest absolute Gasteiger partial charge is 0.306 e. The summed E-state index contributed by atoms with van der Waals surface area (Å²) in [4.78, 5) is 66.2. The Bertz CT molecular complexity index is 2450. The topological polar surface area (TPSA) is 166 Å². The predicted molar refractivity (Wildman–Crippen MR) is 244 cm³/mol. The molecule has 350 valence electrons. The van der Waals surface area contributed by atoms with Gasteiger partial charge in [-0.3, -0.25) is 18.9 Å². The minimum atomic E-state index is -4.46. The number of rotatable bonds is 12. The summed E-state index contributed by atoms with van der Waals surface area (Å²) in [5.74, 6) is -3.96. The van der Waals surface area contributed by atoms with E-state index in [-0.39, 0.29) is 61.9 Å². The highest BCUT2D eigenvalue weighted by molar-refractivity contribution is 7.59. The molecule has 65 heavy (non-hydrogen) atoms. The third kappa shape index (κ3) is 10.4. The Kier molecular flexibility index (Phi) is 14.5. The van der Waals surface area contributed by atoms with E-state index in [1.54, 1.807) is 18.2 Å². The standard InChI is InChI=1S/C47H56ClF2N4O9PS/c1-27(2)51-46-53-37(26-65-46)36-20-41(32-15-16-40(60-3)43(48)44(32)52-36)62-31-19-38-39(55)22-47(64(58,59)25-33-34(49)13-9-14-35(33)50)21-29(47)10-5-4-8-17-61-24-28(45(57)54(38)23-31)18-42(56)63-30-11-6-7-12-30/h9,13-16,20,26-31,38H,4-8,10-12,17-19,21-25H2,1-3H3,(H,51,53)(H,58,59)/t28-,29-,31+,38-,47+/m0/s1. The molecule has 2 aromatic carbocycles. The minimum Gasteiger partial charge on any atom is -0.495 e. The van der Waals surface area contributed by atoms with Crippen molar-refractivity contribution in [2.24, 2.45) is 11.8 Å². The number of hydrogen-bond acceptors (Lipinski definition) is 12. The number of ether oxygens (including phenoxy) is 4. The molecule has 1 amide bonds. The molecule has 4 fully saturated rings. The Hall–Kier alpha value is -4.21. The van der Waals surface area contributed by atoms with Crippen LogP contribution in [0.3, 0.4) is 0 Å². The number of esters is 1. The van der Waals surface area contributed by atoms with Crippen molar-refractivity contribution in [1.29, 1.82) is 0 Å². The number of pyridine rings is 1. The predicted octanol–water partition coefficient (Wildman–Crippen LogP) is 9.74. The van der Waals surface area contributed by atoms with Gasteiger partial charge in [-0.2, -0.15) is 0 Å². The van der Waals surface area contributed by atoms with Crippen LogP contribution in [0.1, 0.15) is 96.5 Å². The van der Waals surface area contributed by atoms with Crippen molar-refractivity contribution in [3.05, 3.63) is 64.0 Å². The quantitative estimate of drug-likeness (QED) is 0.102. The molecule has 0 radical (unpaired) electrons. The third-order valence-corrected chi connectivity index (χ3v) is 17.3. The second-order valence-corrected chi connectivity index (χ2v) is 22.1. The zero-order valence-corrected chi connectivity index (χ0v) is 39.3. The highest BCUT2D eigenvalue weighted by Crippen LogP contribution is 2.75. The lowest BCUT2D eigenvalue weighted by molar-refractivity contribution is -0.155. The number of anilines is 1. The van der Waals surface area contributed by atoms with Gasteiger partial charge in [-0.15, -0.1) is 11.3 Å². The fourth-order valence-corrected chi connectivity index (χ4v) is 13.6. The van der Waals surface area contributed by atoms with Crippen molar-refractivity contribution >= 4 is 64.0 Å². The van der Waals surface area contributed by atoms with Crippen molar-refractivity contribution in [2.75, 3.05) is 32.2 Å². The van der Waals surface area contributed by atoms with Crippen LogP contribution in [0.2, 0.25) is 5.02 Å². The fraction of sp³-hybridized carbons (Fsp3) is 0.553. The van der Waals surface area contributed by atoms with Gasteiger partial charge < -0.3 is 34.1 Å². The van der Waals surface area contributed by atoms with Crippen molar-refractivity contribution in [3.8, 4) is 22.9 Å². The van der Waals surface area contributed by atoms with E-state index >= 15 is 0 Å². The van der Waals surface area contributed by atoms with Crippen molar-refractivity contribution < 1.29 is 51.6 Å². The number of carbonyl (C=O) groups excluding carboxylic acids is 3. The summed E-state index contributed by atoms with van der Waals surface area (Å²) in [6, 6.07) is 7.49. The number of methoxy groups -OCH3 is 1. The van der Waals surface area contributed by atoms with E-state index in [1.807, 2.05) is 19.2 Å². The summed E-state index contributed by atoms with van der Waals surface area (Å²) < 4.78 is 68.7. The van der Waals surface area contributed by atoms with Gasteiger partial charge in [-0.25, -0.2) is 18.7 Å². The second-order valence-electron chi connectivity index (χ2n) is 18.2. The number of Topliss-reactive ketones (excluding diaryl/α,β-unsaturated/α-hetero) is 1. The molecule has 2 N–H and O–H groups in total. The van der Waals surface area contributed by atoms with E-state index in [2.05, 4.69) is 5.32 Å². The first-order valence-corrected chi connectivity index (χ1v) is 25.7. The zero-order valence-electron chi connectivity index (χ0n) is 36.9. The molecule has 2 aliphatic heterocycles. The normalized spacial score (nSPS) is 25.4. The first kappa shape index (κ1) is 47.3. The number of thiazole rings is 1. The van der Waals surface area contributed by atoms with Gasteiger partial charge in [0.2, 0.25) is 13.3 Å². The van der Waals surface area contributed by atoms with E-state index in [9.17, 15) is 32.6 Å². The molecule has 1 unspecified atom stereocenters. The molecule has 4 aliphatic rings. The van der Waals surface area contributed by atoms with Crippen LogP contribution in [0.5, 0.6) is 11.5 Å². The Morgan fingerprint density at radius 2 is 1.80 bits per heavy atom. The molecule has 2 aromatic heterocycles. The number of aromatic nitrogens is 2. The van der Waals surface area contributed by atoms with Crippen LogP contribution < -0.4 is 14.8 Å². The van der Waals surface area contributed by atoms with E-state index in [0.717, 1.165) is 44.2 Å². The molecule has 6 atom stereocenters. The SMILES string of the molecule is COc1ccc2c(O[C@@H]3C[C@H]4C(=O)C[C@]5(P(=O)(O)Cc6c(F)cccc6F)C[C@@H]5CCCCCOC[C@H](CC(=O)OC5CCCC5)C(=O)N4C3)cc(-c3csc(NC(C)C)n3)nc2c1Cl. The van der Waals surface area contributed by atoms with Crippen LogP contribution in [-0.2, 0) is 34.6 Å². The van der Waals surface area contributed by atoms with Gasteiger partial charge in [0.25, 0.3) is 0 Å². The monoisotopic (exact) mass is 956 g/mol. The molecule has 13 nitrogen and oxygen atoms in total. The van der Waals surface area contributed by atoms with Gasteiger partial charge in [0.1, 0.15) is 46.1 Å². The van der Waals surface area contributed by atoms with Crippen molar-refractivity contribution in [2.45, 2.75) is 127 Å². The molecule has 2 saturated heterocycles. The number of ketones is 1. The van der Waals surface area contributed by atoms with Crippen LogP contribution in [0.4, 0.5) is 13.9 Å². The largest absolute Gasteiger partial charge is 0.495 e. The lowest BCUT2D eigenvalue weighted by Crippen LogP contribution is -2.46. The van der Waals surface area contributed by atoms with Crippen LogP contribution in [0, 0.1) is 23.5 Å². The average molecular weight is 957 g/mol. The van der Waals surface area contributed by atoms with E-state index in [0.29, 0.717) is 64.8 Å². The summed E-state index contributed by atoms with van der Waals surface area (Å²) in [5, 5.41) is 5.20. The van der Waals surface area contributed by atoms with E-state index in [1.165, 1.54) is 29.4 Å². The number of carbonyl (C=O) groups is 3. The van der Waals surface area contributed by atoms with Gasteiger partial charge in [-0.05, 0) is 89.0 Å². The number of nitrogens with one attached hydrogen (secondary N) is 1. The average Bonchev–Trinajstić information content (AvgIpc) is 3.68. The molecule has 4 aromatic rings. The molecule has 8 rings (SSSR count). The van der Waals surface area contributed by atoms with Crippen LogP contribution >= 0.6 is 30.3 Å². The van der Waals surface area contributed by atoms with Gasteiger partial charge in [-0.1, -0.05) is 30.5 Å². The lowest BCUT2D eigenvalue weighted by atomic mass is 9.99. The number of benzene rings is 2. The fourth-order valence-electron chi connectivity index (χ4n) is 9.78. The second kappa shape index (κ2) is 19.9. The van der Waals surface area contributed by atoms with Crippen molar-refractivity contribution in [1.82, 2.24) is 14.9 Å². The summed E-state index contributed by atoms with van der Waals surface area (Å²) in [7, 11) is -2.96. The Labute approximate surface area is 386 Å². The highest BCUT2D eigenvalue weighted by Gasteiger charge is 2.66. The molecule has 4 heterocycles. The summed E-state index contributed by atoms with van der Waals surface area (Å²) in [5.41, 5.74) is 0.910. The number of halogens is 3. The number of nitrogens with zero attached hydrogens (tertiary/aromatic N) is 3. The summed E-state index contributed by atoms with van der Waals surface area (Å²) >= 11 is 8.29. The third-order valence-electron chi connectivity index (χ3n) is 13.3. The summed E-state index contributed by atoms with van der Waals surface area (Å²) in [6.07, 6.45) is 3.78. The number of fused-ring (bicyclic) bond motifs is 3. The number of hydrogen-bond donors (Lipinski definition) is 2. The molecule has 0 spiro atoms. The van der Waals surface area contributed by atoms with Gasteiger partial charge in [0.15, 0.2) is 10.9 Å². The van der Waals surface area contributed by atoms with Crippen LogP contribution in [0.25, 0.3) is 22.3 Å². The zero-order chi connectivity index (χ0) is 46.0. The lowest BCUT2D eigenvalue weighted by Gasteiger charge is -2.30. The van der Waals surface area contributed by atoms with Gasteiger partial charge >= 0.3 is 5.97 Å². The van der Waals surface area contributed by atoms with Crippen LogP contribution in [0.15, 0.2) is 41.8 Å². The molecular formula is C47H56ClF2N4O9PS. The van der Waals surface area contributed by atoms with Crippen molar-refractivity contribution in [3.63, 3.8) is 0 Å². The molecule has 2 aliphatic carbocycles. The molecule has 2 saturated carbocycles. The maximum atomic E-state index is 15.0. The van der Waals surface area contributed by atoms with E-state index in [4.69, 9.17) is 40.5 Å². The Balaban J connectivity index is 1.14. The van der Waals surface area contributed by atoms with Gasteiger partial charge in [0.05, 0.1) is 61.2 Å². The minimum absolute atomic E-state index is 0.00524. The maximum absolute atomic E-state index is 15.0. The molecular weight excluding hydrogens is 901 g/mol. The Morgan fingerprint density at radius 3 is 2.54 bits per heavy atom. The number of amides is 1. The molecule has 0 bridgehead atoms. The first-order chi connectivity index (χ1) is 31.2. The van der Waals surface area contributed by atoms with Crippen LogP contribution in [-0.4, -0.2) is 93.7 Å². The van der Waals surface area contributed by atoms with E-state index < -0.39 is 71.6 Å². The maximum Gasteiger partial charge on any atom is 0.306 e.